The summed E-state index contributed by atoms with van der Waals surface area (Å²) in [5.41, 5.74) is 1.85. The largest absolute Gasteiger partial charge is 0.348 e. The molecule has 1 aromatic rings. The highest BCUT2D eigenvalue weighted by molar-refractivity contribution is 14.1. The van der Waals surface area contributed by atoms with Crippen molar-refractivity contribution in [2.45, 2.75) is 26.3 Å². The molecule has 0 aromatic heterocycles. The fraction of sp³-hybridized carbons (Fsp3) is 0.500. The molecule has 1 amide bonds. The van der Waals surface area contributed by atoms with E-state index in [1.54, 1.807) is 0 Å². The van der Waals surface area contributed by atoms with Crippen molar-refractivity contribution in [3.8, 4) is 0 Å². The normalized spacial score (nSPS) is 23.7. The molecule has 1 aromatic carbocycles. The fourth-order valence-electron chi connectivity index (χ4n) is 2.28. The predicted octanol–water partition coefficient (Wildman–Crippen LogP) is 2.33. The van der Waals surface area contributed by atoms with Gasteiger partial charge in [-0.1, -0.05) is 13.0 Å². The van der Waals surface area contributed by atoms with Crippen molar-refractivity contribution in [3.05, 3.63) is 32.9 Å². The minimum Gasteiger partial charge on any atom is -0.348 e. The van der Waals surface area contributed by atoms with Crippen molar-refractivity contribution in [1.29, 1.82) is 0 Å². The quantitative estimate of drug-likeness (QED) is 0.797. The summed E-state index contributed by atoms with van der Waals surface area (Å²) in [7, 11) is 0. The fourth-order valence-corrected chi connectivity index (χ4v) is 2.78. The maximum absolute atomic E-state index is 12.3. The molecule has 2 unspecified atom stereocenters. The van der Waals surface area contributed by atoms with Crippen LogP contribution in [0.5, 0.6) is 0 Å². The number of nitrogens with one attached hydrogen (secondary N) is 2. The summed E-state index contributed by atoms with van der Waals surface area (Å²) in [6.07, 6.45) is 1.12. The first kappa shape index (κ1) is 13.8. The topological polar surface area (TPSA) is 41.1 Å². The summed E-state index contributed by atoms with van der Waals surface area (Å²) >= 11 is 2.27. The van der Waals surface area contributed by atoms with Crippen LogP contribution in [0.25, 0.3) is 0 Å². The molecular formula is C14H19IN2O. The summed E-state index contributed by atoms with van der Waals surface area (Å²) < 4.78 is 1.13. The summed E-state index contributed by atoms with van der Waals surface area (Å²) in [6, 6.07) is 6.10. The predicted molar refractivity (Wildman–Crippen MR) is 81.8 cm³/mol. The minimum atomic E-state index is 0.0477. The average molecular weight is 358 g/mol. The molecule has 0 radical (unpaired) electrons. The molecule has 0 aliphatic carbocycles. The van der Waals surface area contributed by atoms with E-state index in [1.807, 2.05) is 25.1 Å². The first-order valence-electron chi connectivity index (χ1n) is 6.36. The molecule has 1 aliphatic heterocycles. The Kier molecular flexibility index (Phi) is 4.61. The number of halogens is 1. The molecule has 1 fully saturated rings. The third-order valence-electron chi connectivity index (χ3n) is 3.66. The Bertz CT molecular complexity index is 447. The number of hydrogen-bond donors (Lipinski definition) is 2. The van der Waals surface area contributed by atoms with Crippen LogP contribution in [0.3, 0.4) is 0 Å². The van der Waals surface area contributed by atoms with Gasteiger partial charge in [0.15, 0.2) is 0 Å². The lowest BCUT2D eigenvalue weighted by atomic mass is 9.94. The Hall–Kier alpha value is -0.620. The van der Waals surface area contributed by atoms with Crippen LogP contribution in [0.4, 0.5) is 0 Å². The van der Waals surface area contributed by atoms with Gasteiger partial charge in [0.2, 0.25) is 0 Å². The summed E-state index contributed by atoms with van der Waals surface area (Å²) in [6.45, 7) is 6.12. The van der Waals surface area contributed by atoms with Crippen molar-refractivity contribution < 1.29 is 4.79 Å². The van der Waals surface area contributed by atoms with Crippen LogP contribution >= 0.6 is 22.6 Å². The average Bonchev–Trinajstić information content (AvgIpc) is 2.35. The monoisotopic (exact) mass is 358 g/mol. The summed E-state index contributed by atoms with van der Waals surface area (Å²) in [4.78, 5) is 12.3. The Morgan fingerprint density at radius 2 is 2.28 bits per heavy atom. The van der Waals surface area contributed by atoms with E-state index in [1.165, 1.54) is 0 Å². The van der Waals surface area contributed by atoms with Crippen molar-refractivity contribution in [2.75, 3.05) is 13.1 Å². The Morgan fingerprint density at radius 1 is 1.50 bits per heavy atom. The van der Waals surface area contributed by atoms with Gasteiger partial charge in [-0.05, 0) is 66.1 Å². The van der Waals surface area contributed by atoms with Crippen LogP contribution < -0.4 is 10.6 Å². The van der Waals surface area contributed by atoms with Gasteiger partial charge >= 0.3 is 0 Å². The van der Waals surface area contributed by atoms with Gasteiger partial charge in [-0.25, -0.2) is 0 Å². The van der Waals surface area contributed by atoms with E-state index in [9.17, 15) is 4.79 Å². The van der Waals surface area contributed by atoms with Gasteiger partial charge in [0.1, 0.15) is 0 Å². The van der Waals surface area contributed by atoms with E-state index in [0.29, 0.717) is 5.92 Å². The second-order valence-electron chi connectivity index (χ2n) is 4.96. The second kappa shape index (κ2) is 6.02. The molecule has 18 heavy (non-hydrogen) atoms. The molecule has 0 spiro atoms. The van der Waals surface area contributed by atoms with E-state index in [0.717, 1.165) is 34.2 Å². The SMILES string of the molecule is Cc1c(I)cccc1C(=O)NC1CNCCC1C. The van der Waals surface area contributed by atoms with Gasteiger partial charge in [-0.15, -0.1) is 0 Å². The van der Waals surface area contributed by atoms with Crippen molar-refractivity contribution in [2.24, 2.45) is 5.92 Å². The molecule has 2 rings (SSSR count). The molecule has 0 bridgehead atoms. The number of benzene rings is 1. The van der Waals surface area contributed by atoms with Crippen LogP contribution in [0, 0.1) is 16.4 Å². The van der Waals surface area contributed by atoms with Crippen LogP contribution in [-0.4, -0.2) is 25.0 Å². The van der Waals surface area contributed by atoms with Crippen molar-refractivity contribution >= 4 is 28.5 Å². The molecule has 0 saturated carbocycles. The summed E-state index contributed by atoms with van der Waals surface area (Å²) in [5.74, 6) is 0.588. The molecule has 1 aliphatic rings. The summed E-state index contributed by atoms with van der Waals surface area (Å²) in [5, 5.41) is 6.48. The second-order valence-corrected chi connectivity index (χ2v) is 6.12. The van der Waals surface area contributed by atoms with Crippen molar-refractivity contribution in [1.82, 2.24) is 10.6 Å². The Labute approximate surface area is 122 Å². The molecule has 2 atom stereocenters. The van der Waals surface area contributed by atoms with Gasteiger partial charge in [0, 0.05) is 21.7 Å². The van der Waals surface area contributed by atoms with Crippen LogP contribution in [0.1, 0.15) is 29.3 Å². The maximum Gasteiger partial charge on any atom is 0.251 e. The van der Waals surface area contributed by atoms with Gasteiger partial charge in [-0.2, -0.15) is 0 Å². The van der Waals surface area contributed by atoms with E-state index in [-0.39, 0.29) is 11.9 Å². The highest BCUT2D eigenvalue weighted by atomic mass is 127. The third-order valence-corrected chi connectivity index (χ3v) is 4.83. The molecule has 4 heteroatoms. The van der Waals surface area contributed by atoms with Crippen LogP contribution in [0.15, 0.2) is 18.2 Å². The number of piperidine rings is 1. The highest BCUT2D eigenvalue weighted by Crippen LogP contribution is 2.17. The number of carbonyl (C=O) groups is 1. The maximum atomic E-state index is 12.3. The van der Waals surface area contributed by atoms with E-state index >= 15 is 0 Å². The zero-order valence-corrected chi connectivity index (χ0v) is 13.0. The van der Waals surface area contributed by atoms with Crippen LogP contribution in [0.2, 0.25) is 0 Å². The molecular weight excluding hydrogens is 339 g/mol. The van der Waals surface area contributed by atoms with Gasteiger partial charge < -0.3 is 10.6 Å². The van der Waals surface area contributed by atoms with Gasteiger partial charge in [0.05, 0.1) is 0 Å². The van der Waals surface area contributed by atoms with Gasteiger partial charge in [0.25, 0.3) is 5.91 Å². The Balaban J connectivity index is 2.09. The molecule has 1 saturated heterocycles. The zero-order valence-electron chi connectivity index (χ0n) is 10.8. The smallest absolute Gasteiger partial charge is 0.251 e. The molecule has 2 N–H and O–H groups in total. The number of rotatable bonds is 2. The third kappa shape index (κ3) is 3.03. The number of amides is 1. The lowest BCUT2D eigenvalue weighted by Crippen LogP contribution is -2.50. The molecule has 3 nitrogen and oxygen atoms in total. The van der Waals surface area contributed by atoms with Crippen molar-refractivity contribution in [3.63, 3.8) is 0 Å². The highest BCUT2D eigenvalue weighted by Gasteiger charge is 2.23. The van der Waals surface area contributed by atoms with Crippen LogP contribution in [-0.2, 0) is 0 Å². The number of hydrogen-bond acceptors (Lipinski definition) is 2. The molecule has 1 heterocycles. The van der Waals surface area contributed by atoms with E-state index in [2.05, 4.69) is 40.1 Å². The zero-order chi connectivity index (χ0) is 13.1. The first-order valence-corrected chi connectivity index (χ1v) is 7.44. The van der Waals surface area contributed by atoms with E-state index in [4.69, 9.17) is 0 Å². The number of carbonyl (C=O) groups excluding carboxylic acids is 1. The van der Waals surface area contributed by atoms with E-state index < -0.39 is 0 Å². The first-order chi connectivity index (χ1) is 8.59. The molecule has 98 valence electrons. The standard InChI is InChI=1S/C14H19IN2O/c1-9-6-7-16-8-13(9)17-14(18)11-4-3-5-12(15)10(11)2/h3-5,9,13,16H,6-8H2,1-2H3,(H,17,18). The van der Waals surface area contributed by atoms with Gasteiger partial charge in [-0.3, -0.25) is 4.79 Å². The minimum absolute atomic E-state index is 0.0477. The lowest BCUT2D eigenvalue weighted by Gasteiger charge is -2.30. The lowest BCUT2D eigenvalue weighted by molar-refractivity contribution is 0.0914. The Morgan fingerprint density at radius 3 is 3.00 bits per heavy atom.